The Bertz CT molecular complexity index is 845. The maximum Gasteiger partial charge on any atom is 0.336 e. The van der Waals surface area contributed by atoms with Crippen LogP contribution in [0.5, 0.6) is 5.75 Å². The summed E-state index contributed by atoms with van der Waals surface area (Å²) in [4.78, 5) is 26.0. The SMILES string of the molecule is CC[C@H]1CCCCN1C(=O)COc1cc2oc(=O)cc(C)c2cc1Cl. The number of hydrogen-bond donors (Lipinski definition) is 0. The Morgan fingerprint density at radius 1 is 1.36 bits per heavy atom. The van der Waals surface area contributed by atoms with E-state index in [9.17, 15) is 9.59 Å². The molecular weight excluding hydrogens is 342 g/mol. The highest BCUT2D eigenvalue weighted by Gasteiger charge is 2.25. The van der Waals surface area contributed by atoms with E-state index in [-0.39, 0.29) is 18.6 Å². The van der Waals surface area contributed by atoms with E-state index in [0.717, 1.165) is 43.2 Å². The molecule has 0 bridgehead atoms. The Morgan fingerprint density at radius 3 is 2.92 bits per heavy atom. The number of fused-ring (bicyclic) bond motifs is 1. The van der Waals surface area contributed by atoms with Crippen LogP contribution in [0, 0.1) is 6.92 Å². The number of aryl methyl sites for hydroxylation is 1. The molecule has 0 spiro atoms. The lowest BCUT2D eigenvalue weighted by atomic mass is 10.00. The van der Waals surface area contributed by atoms with Crippen LogP contribution in [-0.2, 0) is 4.79 Å². The second kappa shape index (κ2) is 7.48. The molecule has 134 valence electrons. The zero-order valence-electron chi connectivity index (χ0n) is 14.5. The highest BCUT2D eigenvalue weighted by molar-refractivity contribution is 6.32. The normalized spacial score (nSPS) is 17.7. The molecule has 2 heterocycles. The summed E-state index contributed by atoms with van der Waals surface area (Å²) in [6, 6.07) is 4.99. The molecule has 1 amide bonds. The van der Waals surface area contributed by atoms with Crippen molar-refractivity contribution in [2.45, 2.75) is 45.6 Å². The summed E-state index contributed by atoms with van der Waals surface area (Å²) in [6.45, 7) is 4.63. The Kier molecular flexibility index (Phi) is 5.33. The Hall–Kier alpha value is -2.01. The molecule has 5 nitrogen and oxygen atoms in total. The number of amides is 1. The fourth-order valence-electron chi connectivity index (χ4n) is 3.41. The second-order valence-electron chi connectivity index (χ2n) is 6.46. The second-order valence-corrected chi connectivity index (χ2v) is 6.87. The molecule has 1 aromatic heterocycles. The fourth-order valence-corrected chi connectivity index (χ4v) is 3.62. The number of ether oxygens (including phenoxy) is 1. The summed E-state index contributed by atoms with van der Waals surface area (Å²) >= 11 is 6.27. The molecule has 0 N–H and O–H groups in total. The highest BCUT2D eigenvalue weighted by atomic mass is 35.5. The van der Waals surface area contributed by atoms with Crippen molar-refractivity contribution in [3.05, 3.63) is 39.2 Å². The van der Waals surface area contributed by atoms with Crippen LogP contribution >= 0.6 is 11.6 Å². The first-order valence-electron chi connectivity index (χ1n) is 8.66. The fraction of sp³-hybridized carbons (Fsp3) is 0.474. The van der Waals surface area contributed by atoms with E-state index in [1.807, 2.05) is 11.8 Å². The molecule has 0 saturated carbocycles. The van der Waals surface area contributed by atoms with Gasteiger partial charge in [-0.05, 0) is 44.2 Å². The van der Waals surface area contributed by atoms with Crippen LogP contribution in [0.3, 0.4) is 0 Å². The summed E-state index contributed by atoms with van der Waals surface area (Å²) in [5.74, 6) is 0.315. The molecule has 1 atom stereocenters. The monoisotopic (exact) mass is 363 g/mol. The van der Waals surface area contributed by atoms with Gasteiger partial charge in [-0.1, -0.05) is 18.5 Å². The molecule has 6 heteroatoms. The van der Waals surface area contributed by atoms with Gasteiger partial charge in [-0.25, -0.2) is 4.79 Å². The highest BCUT2D eigenvalue weighted by Crippen LogP contribution is 2.31. The van der Waals surface area contributed by atoms with Gasteiger partial charge >= 0.3 is 5.63 Å². The molecule has 1 aliphatic heterocycles. The van der Waals surface area contributed by atoms with Gasteiger partial charge in [0.15, 0.2) is 6.61 Å². The van der Waals surface area contributed by atoms with E-state index < -0.39 is 5.63 Å². The minimum atomic E-state index is -0.423. The summed E-state index contributed by atoms with van der Waals surface area (Å²) in [6.07, 6.45) is 4.19. The third-order valence-corrected chi connectivity index (χ3v) is 5.07. The standard InChI is InChI=1S/C19H22ClNO4/c1-3-13-6-4-5-7-21(13)18(22)11-24-17-10-16-14(9-15(17)20)12(2)8-19(23)25-16/h8-10,13H,3-7,11H2,1-2H3/t13-/m0/s1. The van der Waals surface area contributed by atoms with E-state index in [2.05, 4.69) is 6.92 Å². The molecule has 2 aromatic rings. The number of carbonyl (C=O) groups is 1. The van der Waals surface area contributed by atoms with Gasteiger partial charge in [0, 0.05) is 30.1 Å². The first-order chi connectivity index (χ1) is 12.0. The Morgan fingerprint density at radius 2 is 2.16 bits per heavy atom. The van der Waals surface area contributed by atoms with Gasteiger partial charge in [0.25, 0.3) is 5.91 Å². The number of nitrogens with zero attached hydrogens (tertiary/aromatic N) is 1. The predicted octanol–water partition coefficient (Wildman–Crippen LogP) is 3.92. The van der Waals surface area contributed by atoms with Crippen molar-refractivity contribution in [3.63, 3.8) is 0 Å². The van der Waals surface area contributed by atoms with Crippen molar-refractivity contribution in [1.82, 2.24) is 4.90 Å². The minimum Gasteiger partial charge on any atom is -0.482 e. The predicted molar refractivity (Wildman–Crippen MR) is 97.4 cm³/mol. The largest absolute Gasteiger partial charge is 0.482 e. The lowest BCUT2D eigenvalue weighted by Crippen LogP contribution is -2.45. The van der Waals surface area contributed by atoms with E-state index in [0.29, 0.717) is 16.4 Å². The first kappa shape index (κ1) is 17.8. The molecule has 1 aromatic carbocycles. The molecule has 1 aliphatic rings. The zero-order valence-corrected chi connectivity index (χ0v) is 15.3. The third kappa shape index (κ3) is 3.82. The van der Waals surface area contributed by atoms with E-state index >= 15 is 0 Å². The number of benzene rings is 1. The van der Waals surface area contributed by atoms with E-state index in [1.165, 1.54) is 6.07 Å². The Balaban J connectivity index is 1.77. The summed E-state index contributed by atoms with van der Waals surface area (Å²) in [5.41, 5.74) is 0.768. The van der Waals surface area contributed by atoms with Crippen LogP contribution < -0.4 is 10.4 Å². The van der Waals surface area contributed by atoms with Crippen LogP contribution in [0.25, 0.3) is 11.0 Å². The lowest BCUT2D eigenvalue weighted by Gasteiger charge is -2.35. The van der Waals surface area contributed by atoms with Crippen molar-refractivity contribution < 1.29 is 13.9 Å². The third-order valence-electron chi connectivity index (χ3n) is 4.77. The van der Waals surface area contributed by atoms with Crippen molar-refractivity contribution in [2.24, 2.45) is 0 Å². The summed E-state index contributed by atoms with van der Waals surface area (Å²) in [7, 11) is 0. The Labute approximate surface area is 151 Å². The first-order valence-corrected chi connectivity index (χ1v) is 9.03. The minimum absolute atomic E-state index is 0.0339. The average Bonchev–Trinajstić information content (AvgIpc) is 2.60. The van der Waals surface area contributed by atoms with E-state index in [4.69, 9.17) is 20.8 Å². The van der Waals surface area contributed by atoms with Crippen molar-refractivity contribution in [2.75, 3.05) is 13.2 Å². The zero-order chi connectivity index (χ0) is 18.0. The average molecular weight is 364 g/mol. The molecule has 0 unspecified atom stereocenters. The van der Waals surface area contributed by atoms with Gasteiger partial charge in [0.1, 0.15) is 11.3 Å². The molecule has 3 rings (SSSR count). The quantitative estimate of drug-likeness (QED) is 0.772. The molecule has 1 saturated heterocycles. The lowest BCUT2D eigenvalue weighted by molar-refractivity contribution is -0.137. The van der Waals surface area contributed by atoms with E-state index in [1.54, 1.807) is 12.1 Å². The van der Waals surface area contributed by atoms with Gasteiger partial charge in [0.2, 0.25) is 0 Å². The number of carbonyl (C=O) groups excluding carboxylic acids is 1. The van der Waals surface area contributed by atoms with Gasteiger partial charge in [-0.15, -0.1) is 0 Å². The van der Waals surface area contributed by atoms with Crippen molar-refractivity contribution in [1.29, 1.82) is 0 Å². The topological polar surface area (TPSA) is 59.8 Å². The van der Waals surface area contributed by atoms with Gasteiger partial charge in [-0.2, -0.15) is 0 Å². The maximum atomic E-state index is 12.5. The van der Waals surface area contributed by atoms with Crippen molar-refractivity contribution >= 4 is 28.5 Å². The van der Waals surface area contributed by atoms with Crippen molar-refractivity contribution in [3.8, 4) is 5.75 Å². The number of piperidine rings is 1. The van der Waals surface area contributed by atoms with Gasteiger partial charge in [-0.3, -0.25) is 4.79 Å². The van der Waals surface area contributed by atoms with Gasteiger partial charge < -0.3 is 14.1 Å². The van der Waals surface area contributed by atoms with Crippen LogP contribution in [-0.4, -0.2) is 30.0 Å². The molecule has 25 heavy (non-hydrogen) atoms. The number of rotatable bonds is 4. The van der Waals surface area contributed by atoms with Crippen LogP contribution in [0.2, 0.25) is 5.02 Å². The van der Waals surface area contributed by atoms with Crippen LogP contribution in [0.1, 0.15) is 38.2 Å². The van der Waals surface area contributed by atoms with Crippen LogP contribution in [0.15, 0.2) is 27.4 Å². The molecule has 0 radical (unpaired) electrons. The molecular formula is C19H22ClNO4. The number of likely N-dealkylation sites (tertiary alicyclic amines) is 1. The maximum absolute atomic E-state index is 12.5. The summed E-state index contributed by atoms with van der Waals surface area (Å²) in [5, 5.41) is 1.15. The molecule has 1 fully saturated rings. The smallest absolute Gasteiger partial charge is 0.336 e. The molecule has 0 aliphatic carbocycles. The van der Waals surface area contributed by atoms with Crippen LogP contribution in [0.4, 0.5) is 0 Å². The number of halogens is 1. The van der Waals surface area contributed by atoms with Gasteiger partial charge in [0.05, 0.1) is 5.02 Å². The summed E-state index contributed by atoms with van der Waals surface area (Å²) < 4.78 is 10.9. The number of hydrogen-bond acceptors (Lipinski definition) is 4.